The highest BCUT2D eigenvalue weighted by molar-refractivity contribution is 7.85. The maximum atomic E-state index is 14.7. The number of anilines is 1. The number of carbonyl (C=O) groups is 1. The Balaban J connectivity index is 1.87. The number of aromatic nitrogens is 4. The fraction of sp³-hybridized carbons (Fsp3) is 0.652. The minimum atomic E-state index is -3.69. The fourth-order valence-electron chi connectivity index (χ4n) is 4.22. The van der Waals surface area contributed by atoms with Crippen molar-refractivity contribution in [3.8, 4) is 11.4 Å². The standard InChI is InChI=1S/C23H33F2N5O5S/c1-7-16-18(30-12-15(11-23(24,25)14-30)10-20(31)35-22(2,3)4)9-8-17(26-16)21-19(29(5)28-27-21)13-34-36(6,32)33/h8-9,15H,7,10-14H2,1-6H3. The monoisotopic (exact) mass is 529 g/mol. The summed E-state index contributed by atoms with van der Waals surface area (Å²) in [6.07, 6.45) is 0.916. The molecule has 1 saturated heterocycles. The molecule has 1 unspecified atom stereocenters. The Kier molecular flexibility index (Phi) is 8.04. The van der Waals surface area contributed by atoms with Gasteiger partial charge in [-0.05, 0) is 45.2 Å². The van der Waals surface area contributed by atoms with E-state index in [2.05, 4.69) is 15.3 Å². The van der Waals surface area contributed by atoms with Crippen LogP contribution in [0.1, 0.15) is 51.9 Å². The zero-order chi connectivity index (χ0) is 26.9. The summed E-state index contributed by atoms with van der Waals surface area (Å²) in [5.41, 5.74) is 1.60. The van der Waals surface area contributed by atoms with Gasteiger partial charge >= 0.3 is 5.97 Å². The van der Waals surface area contributed by atoms with Crippen molar-refractivity contribution in [2.45, 2.75) is 65.1 Å². The van der Waals surface area contributed by atoms with Crippen molar-refractivity contribution in [3.05, 3.63) is 23.5 Å². The van der Waals surface area contributed by atoms with Gasteiger partial charge in [-0.2, -0.15) is 8.42 Å². The number of rotatable bonds is 8. The van der Waals surface area contributed by atoms with Crippen LogP contribution in [0, 0.1) is 5.92 Å². The summed E-state index contributed by atoms with van der Waals surface area (Å²) in [6, 6.07) is 3.33. The lowest BCUT2D eigenvalue weighted by atomic mass is 9.91. The third-order valence-corrected chi connectivity index (χ3v) is 6.13. The molecule has 1 aliphatic rings. The highest BCUT2D eigenvalue weighted by Gasteiger charge is 2.42. The smallest absolute Gasteiger partial charge is 0.306 e. The Labute approximate surface area is 210 Å². The lowest BCUT2D eigenvalue weighted by molar-refractivity contribution is -0.156. The van der Waals surface area contributed by atoms with Gasteiger partial charge in [0, 0.05) is 20.0 Å². The molecular weight excluding hydrogens is 496 g/mol. The number of piperidine rings is 1. The molecule has 200 valence electrons. The summed E-state index contributed by atoms with van der Waals surface area (Å²) < 4.78 is 63.9. The lowest BCUT2D eigenvalue weighted by Crippen LogP contribution is -2.48. The molecule has 2 aromatic heterocycles. The van der Waals surface area contributed by atoms with Crippen molar-refractivity contribution in [2.75, 3.05) is 24.2 Å². The van der Waals surface area contributed by atoms with E-state index in [1.54, 1.807) is 44.9 Å². The molecule has 3 heterocycles. The first kappa shape index (κ1) is 27.9. The summed E-state index contributed by atoms with van der Waals surface area (Å²) in [4.78, 5) is 18.5. The molecule has 1 aliphatic heterocycles. The summed E-state index contributed by atoms with van der Waals surface area (Å²) in [5.74, 6) is -4.05. The minimum Gasteiger partial charge on any atom is -0.460 e. The SMILES string of the molecule is CCc1nc(-c2nnn(C)c2COS(C)(=O)=O)ccc1N1CC(CC(=O)OC(C)(C)C)CC(F)(F)C1. The van der Waals surface area contributed by atoms with Gasteiger partial charge in [-0.15, -0.1) is 5.10 Å². The summed E-state index contributed by atoms with van der Waals surface area (Å²) >= 11 is 0. The second-order valence-corrected chi connectivity index (χ2v) is 11.7. The Morgan fingerprint density at radius 2 is 1.97 bits per heavy atom. The Morgan fingerprint density at radius 3 is 2.58 bits per heavy atom. The van der Waals surface area contributed by atoms with Crippen LogP contribution in [0.5, 0.6) is 0 Å². The quantitative estimate of drug-likeness (QED) is 0.376. The second kappa shape index (κ2) is 10.4. The lowest BCUT2D eigenvalue weighted by Gasteiger charge is -2.39. The van der Waals surface area contributed by atoms with Gasteiger partial charge in [0.05, 0.1) is 42.0 Å². The maximum Gasteiger partial charge on any atom is 0.306 e. The molecule has 0 spiro atoms. The number of ether oxygens (including phenoxy) is 1. The number of halogens is 2. The number of hydrogen-bond acceptors (Lipinski definition) is 9. The van der Waals surface area contributed by atoms with E-state index < -0.39 is 40.1 Å². The van der Waals surface area contributed by atoms with E-state index >= 15 is 0 Å². The first-order valence-corrected chi connectivity index (χ1v) is 13.5. The van der Waals surface area contributed by atoms with Crippen LogP contribution in [0.2, 0.25) is 0 Å². The van der Waals surface area contributed by atoms with E-state index in [0.717, 1.165) is 6.26 Å². The number of esters is 1. The molecule has 0 bridgehead atoms. The molecule has 13 heteroatoms. The molecule has 0 radical (unpaired) electrons. The maximum absolute atomic E-state index is 14.7. The van der Waals surface area contributed by atoms with Crippen molar-refractivity contribution in [1.29, 1.82) is 0 Å². The highest BCUT2D eigenvalue weighted by atomic mass is 32.2. The molecular formula is C23H33F2N5O5S. The van der Waals surface area contributed by atoms with Crippen LogP contribution in [0.15, 0.2) is 12.1 Å². The summed E-state index contributed by atoms with van der Waals surface area (Å²) in [6.45, 7) is 6.59. The molecule has 1 fully saturated rings. The van der Waals surface area contributed by atoms with Crippen molar-refractivity contribution in [1.82, 2.24) is 20.0 Å². The van der Waals surface area contributed by atoms with Crippen LogP contribution in [0.25, 0.3) is 11.4 Å². The average Bonchev–Trinajstić information content (AvgIpc) is 3.09. The number of aryl methyl sites for hydroxylation is 2. The second-order valence-electron chi connectivity index (χ2n) is 10.1. The normalized spacial score (nSPS) is 18.3. The van der Waals surface area contributed by atoms with E-state index in [1.807, 2.05) is 6.92 Å². The third-order valence-electron chi connectivity index (χ3n) is 5.58. The van der Waals surface area contributed by atoms with Gasteiger partial charge in [-0.1, -0.05) is 12.1 Å². The van der Waals surface area contributed by atoms with E-state index in [-0.39, 0.29) is 26.0 Å². The van der Waals surface area contributed by atoms with Gasteiger partial charge in [0.25, 0.3) is 16.0 Å². The Morgan fingerprint density at radius 1 is 1.28 bits per heavy atom. The Bertz CT molecular complexity index is 1210. The summed E-state index contributed by atoms with van der Waals surface area (Å²) in [5, 5.41) is 8.03. The van der Waals surface area contributed by atoms with E-state index in [4.69, 9.17) is 8.92 Å². The molecule has 3 rings (SSSR count). The largest absolute Gasteiger partial charge is 0.460 e. The van der Waals surface area contributed by atoms with Gasteiger partial charge in [-0.3, -0.25) is 8.98 Å². The Hall–Kier alpha value is -2.67. The molecule has 2 aromatic rings. The molecule has 1 atom stereocenters. The zero-order valence-electron chi connectivity index (χ0n) is 21.4. The van der Waals surface area contributed by atoms with Gasteiger partial charge in [-0.25, -0.2) is 18.4 Å². The predicted molar refractivity (Wildman–Crippen MR) is 129 cm³/mol. The van der Waals surface area contributed by atoms with Crippen molar-refractivity contribution < 1.29 is 30.9 Å². The molecule has 10 nitrogen and oxygen atoms in total. The van der Waals surface area contributed by atoms with Crippen LogP contribution >= 0.6 is 0 Å². The average molecular weight is 530 g/mol. The highest BCUT2D eigenvalue weighted by Crippen LogP contribution is 2.37. The summed E-state index contributed by atoms with van der Waals surface area (Å²) in [7, 11) is -2.08. The van der Waals surface area contributed by atoms with Crippen molar-refractivity contribution in [3.63, 3.8) is 0 Å². The first-order valence-electron chi connectivity index (χ1n) is 11.6. The number of hydrogen-bond donors (Lipinski definition) is 0. The fourth-order valence-corrected chi connectivity index (χ4v) is 4.55. The van der Waals surface area contributed by atoms with Gasteiger partial charge in [0.1, 0.15) is 17.9 Å². The van der Waals surface area contributed by atoms with E-state index in [0.29, 0.717) is 34.9 Å². The van der Waals surface area contributed by atoms with Crippen LogP contribution in [-0.2, 0) is 43.9 Å². The number of alkyl halides is 2. The number of pyridine rings is 1. The van der Waals surface area contributed by atoms with Gasteiger partial charge in [0.2, 0.25) is 0 Å². The third kappa shape index (κ3) is 7.42. The van der Waals surface area contributed by atoms with Gasteiger partial charge < -0.3 is 9.64 Å². The molecule has 0 aliphatic carbocycles. The number of nitrogens with zero attached hydrogens (tertiary/aromatic N) is 5. The van der Waals surface area contributed by atoms with Crippen LogP contribution < -0.4 is 4.90 Å². The topological polar surface area (TPSA) is 117 Å². The van der Waals surface area contributed by atoms with Crippen molar-refractivity contribution in [2.24, 2.45) is 13.0 Å². The van der Waals surface area contributed by atoms with Crippen LogP contribution in [0.4, 0.5) is 14.5 Å². The molecule has 36 heavy (non-hydrogen) atoms. The van der Waals surface area contributed by atoms with E-state index in [9.17, 15) is 22.0 Å². The predicted octanol–water partition coefficient (Wildman–Crippen LogP) is 3.11. The first-order chi connectivity index (χ1) is 16.6. The van der Waals surface area contributed by atoms with Crippen molar-refractivity contribution >= 4 is 21.8 Å². The molecule has 0 saturated carbocycles. The van der Waals surface area contributed by atoms with Crippen LogP contribution in [-0.4, -0.2) is 65.2 Å². The number of carbonyl (C=O) groups excluding carboxylic acids is 1. The molecule has 0 aromatic carbocycles. The zero-order valence-corrected chi connectivity index (χ0v) is 22.2. The van der Waals surface area contributed by atoms with E-state index in [1.165, 1.54) is 4.68 Å². The van der Waals surface area contributed by atoms with Crippen LogP contribution in [0.3, 0.4) is 0 Å². The molecule has 0 amide bonds. The molecule has 0 N–H and O–H groups in total. The van der Waals surface area contributed by atoms with Gasteiger partial charge in [0.15, 0.2) is 0 Å². The minimum absolute atomic E-state index is 0.0976.